The largest absolute Gasteiger partial charge is 0.495 e. The van der Waals surface area contributed by atoms with E-state index in [1.807, 2.05) is 17.5 Å². The molecule has 1 aromatic carbocycles. The van der Waals surface area contributed by atoms with E-state index >= 15 is 0 Å². The van der Waals surface area contributed by atoms with E-state index < -0.39 is 0 Å². The molecular formula is C10H11NO2S. The van der Waals surface area contributed by atoms with Crippen LogP contribution >= 0.6 is 11.3 Å². The molecule has 3 nitrogen and oxygen atoms in total. The van der Waals surface area contributed by atoms with E-state index in [0.717, 1.165) is 21.4 Å². The Labute approximate surface area is 85.7 Å². The minimum atomic E-state index is 0.00142. The number of rotatable bonds is 2. The van der Waals surface area contributed by atoms with Gasteiger partial charge in [-0.25, -0.2) is 0 Å². The third-order valence-electron chi connectivity index (χ3n) is 2.19. The van der Waals surface area contributed by atoms with Gasteiger partial charge in [0.05, 0.1) is 24.1 Å². The molecule has 4 heteroatoms. The molecule has 0 saturated heterocycles. The number of nitrogens with two attached hydrogens (primary N) is 1. The van der Waals surface area contributed by atoms with Crippen molar-refractivity contribution in [2.45, 2.75) is 6.61 Å². The summed E-state index contributed by atoms with van der Waals surface area (Å²) < 4.78 is 6.21. The van der Waals surface area contributed by atoms with Gasteiger partial charge in [-0.05, 0) is 11.6 Å². The Morgan fingerprint density at radius 2 is 2.29 bits per heavy atom. The second kappa shape index (κ2) is 3.48. The second-order valence-electron chi connectivity index (χ2n) is 2.98. The smallest absolute Gasteiger partial charge is 0.136 e. The van der Waals surface area contributed by atoms with Crippen molar-refractivity contribution in [3.05, 3.63) is 23.1 Å². The van der Waals surface area contributed by atoms with E-state index in [4.69, 9.17) is 15.6 Å². The lowest BCUT2D eigenvalue weighted by Crippen LogP contribution is -1.90. The molecule has 0 fully saturated rings. The zero-order chi connectivity index (χ0) is 10.1. The van der Waals surface area contributed by atoms with Crippen LogP contribution in [0.3, 0.4) is 0 Å². The van der Waals surface area contributed by atoms with Crippen LogP contribution < -0.4 is 10.5 Å². The van der Waals surface area contributed by atoms with Gasteiger partial charge in [0.15, 0.2) is 0 Å². The van der Waals surface area contributed by atoms with Gasteiger partial charge in [0.25, 0.3) is 0 Å². The van der Waals surface area contributed by atoms with Crippen LogP contribution in [0.2, 0.25) is 0 Å². The molecule has 0 aliphatic rings. The first kappa shape index (κ1) is 9.30. The van der Waals surface area contributed by atoms with Crippen LogP contribution in [-0.2, 0) is 6.61 Å². The van der Waals surface area contributed by atoms with Gasteiger partial charge in [-0.2, -0.15) is 0 Å². The van der Waals surface area contributed by atoms with Gasteiger partial charge < -0.3 is 15.6 Å². The van der Waals surface area contributed by atoms with Gasteiger partial charge in [0.1, 0.15) is 5.75 Å². The molecule has 1 aromatic heterocycles. The van der Waals surface area contributed by atoms with Gasteiger partial charge in [0, 0.05) is 10.8 Å². The molecule has 0 unspecified atom stereocenters. The molecule has 0 atom stereocenters. The van der Waals surface area contributed by atoms with E-state index in [2.05, 4.69) is 0 Å². The number of hydrogen-bond donors (Lipinski definition) is 2. The minimum absolute atomic E-state index is 0.00142. The molecule has 2 rings (SSSR count). The van der Waals surface area contributed by atoms with E-state index in [9.17, 15) is 0 Å². The normalized spacial score (nSPS) is 10.7. The molecule has 3 N–H and O–H groups in total. The average molecular weight is 209 g/mol. The Hall–Kier alpha value is -1.26. The number of nitrogen functional groups attached to an aromatic ring is 1. The monoisotopic (exact) mass is 209 g/mol. The van der Waals surface area contributed by atoms with Crippen molar-refractivity contribution in [2.24, 2.45) is 0 Å². The molecule has 0 bridgehead atoms. The minimum Gasteiger partial charge on any atom is -0.495 e. The van der Waals surface area contributed by atoms with Crippen molar-refractivity contribution in [2.75, 3.05) is 12.8 Å². The Bertz CT molecular complexity index is 464. The molecular weight excluding hydrogens is 198 g/mol. The molecule has 74 valence electrons. The third kappa shape index (κ3) is 1.23. The summed E-state index contributed by atoms with van der Waals surface area (Å²) in [4.78, 5) is 0. The van der Waals surface area contributed by atoms with E-state index in [0.29, 0.717) is 5.69 Å². The molecule has 0 spiro atoms. The highest BCUT2D eigenvalue weighted by Gasteiger charge is 2.10. The van der Waals surface area contributed by atoms with Crippen LogP contribution in [0.5, 0.6) is 5.75 Å². The highest BCUT2D eigenvalue weighted by atomic mass is 32.1. The van der Waals surface area contributed by atoms with Gasteiger partial charge >= 0.3 is 0 Å². The number of hydrogen-bond acceptors (Lipinski definition) is 4. The molecule has 0 radical (unpaired) electrons. The number of anilines is 1. The van der Waals surface area contributed by atoms with Crippen LogP contribution in [0.25, 0.3) is 10.1 Å². The summed E-state index contributed by atoms with van der Waals surface area (Å²) in [6.45, 7) is 0.00142. The van der Waals surface area contributed by atoms with Crippen LogP contribution in [0.15, 0.2) is 17.5 Å². The van der Waals surface area contributed by atoms with Crippen LogP contribution in [-0.4, -0.2) is 12.2 Å². The quantitative estimate of drug-likeness (QED) is 0.795. The fourth-order valence-corrected chi connectivity index (χ4v) is 2.51. The molecule has 1 heterocycles. The summed E-state index contributed by atoms with van der Waals surface area (Å²) in [5, 5.41) is 11.9. The van der Waals surface area contributed by atoms with Gasteiger partial charge in [0.2, 0.25) is 0 Å². The van der Waals surface area contributed by atoms with Crippen LogP contribution in [0.4, 0.5) is 5.69 Å². The van der Waals surface area contributed by atoms with Crippen molar-refractivity contribution in [1.82, 2.24) is 0 Å². The van der Waals surface area contributed by atoms with Crippen LogP contribution in [0, 0.1) is 0 Å². The lowest BCUT2D eigenvalue weighted by Gasteiger charge is -2.05. The number of aliphatic hydroxyl groups is 1. The van der Waals surface area contributed by atoms with Gasteiger partial charge in [-0.15, -0.1) is 11.3 Å². The molecule has 0 aliphatic carbocycles. The number of benzene rings is 1. The van der Waals surface area contributed by atoms with Crippen molar-refractivity contribution >= 4 is 27.1 Å². The summed E-state index contributed by atoms with van der Waals surface area (Å²) in [6.07, 6.45) is 0. The maximum Gasteiger partial charge on any atom is 0.136 e. The Balaban J connectivity index is 2.81. The first-order valence-electron chi connectivity index (χ1n) is 4.21. The first-order chi connectivity index (χ1) is 6.77. The predicted octanol–water partition coefficient (Wildman–Crippen LogP) is 1.98. The number of aliphatic hydroxyl groups excluding tert-OH is 1. The van der Waals surface area contributed by atoms with Gasteiger partial charge in [-0.3, -0.25) is 0 Å². The molecule has 0 amide bonds. The fraction of sp³-hybridized carbons (Fsp3) is 0.200. The fourth-order valence-electron chi connectivity index (χ4n) is 1.51. The van der Waals surface area contributed by atoms with Crippen molar-refractivity contribution in [1.29, 1.82) is 0 Å². The standard InChI is InChI=1S/C10H11NO2S/c1-13-8-3-2-6(4-12)9-7(11)5-14-10(8)9/h2-3,5,12H,4,11H2,1H3. The maximum atomic E-state index is 9.15. The number of methoxy groups -OCH3 is 1. The summed E-state index contributed by atoms with van der Waals surface area (Å²) >= 11 is 1.53. The third-order valence-corrected chi connectivity index (χ3v) is 3.20. The first-order valence-corrected chi connectivity index (χ1v) is 5.09. The second-order valence-corrected chi connectivity index (χ2v) is 3.86. The van der Waals surface area contributed by atoms with E-state index in [1.54, 1.807) is 7.11 Å². The van der Waals surface area contributed by atoms with Crippen molar-refractivity contribution in [3.63, 3.8) is 0 Å². The van der Waals surface area contributed by atoms with E-state index in [1.165, 1.54) is 11.3 Å². The zero-order valence-electron chi connectivity index (χ0n) is 7.78. The molecule has 0 aliphatic heterocycles. The lowest BCUT2D eigenvalue weighted by atomic mass is 10.1. The molecule has 14 heavy (non-hydrogen) atoms. The summed E-state index contributed by atoms with van der Waals surface area (Å²) in [7, 11) is 1.63. The Morgan fingerprint density at radius 1 is 1.50 bits per heavy atom. The summed E-state index contributed by atoms with van der Waals surface area (Å²) in [6, 6.07) is 3.69. The highest BCUT2D eigenvalue weighted by Crippen LogP contribution is 2.37. The SMILES string of the molecule is COc1ccc(CO)c2c(N)csc12. The van der Waals surface area contributed by atoms with Crippen molar-refractivity contribution < 1.29 is 9.84 Å². The number of ether oxygens (including phenoxy) is 1. The summed E-state index contributed by atoms with van der Waals surface area (Å²) in [5.41, 5.74) is 7.37. The maximum absolute atomic E-state index is 9.15. The van der Waals surface area contributed by atoms with Crippen molar-refractivity contribution in [3.8, 4) is 5.75 Å². The average Bonchev–Trinajstić information content (AvgIpc) is 2.60. The number of thiophene rings is 1. The highest BCUT2D eigenvalue weighted by molar-refractivity contribution is 7.18. The topological polar surface area (TPSA) is 55.5 Å². The van der Waals surface area contributed by atoms with E-state index in [-0.39, 0.29) is 6.61 Å². The molecule has 2 aromatic rings. The lowest BCUT2D eigenvalue weighted by molar-refractivity contribution is 0.283. The zero-order valence-corrected chi connectivity index (χ0v) is 8.60. The van der Waals surface area contributed by atoms with Crippen LogP contribution in [0.1, 0.15) is 5.56 Å². The Kier molecular flexibility index (Phi) is 2.31. The Morgan fingerprint density at radius 3 is 2.93 bits per heavy atom. The predicted molar refractivity (Wildman–Crippen MR) is 58.7 cm³/mol. The summed E-state index contributed by atoms with van der Waals surface area (Å²) in [5.74, 6) is 0.805. The molecule has 0 saturated carbocycles. The number of fused-ring (bicyclic) bond motifs is 1. The van der Waals surface area contributed by atoms with Gasteiger partial charge in [-0.1, -0.05) is 6.07 Å².